The number of nitrogens with one attached hydrogen (secondary N) is 2. The molecule has 1 aliphatic heterocycles. The van der Waals surface area contributed by atoms with Crippen molar-refractivity contribution >= 4 is 46.8 Å². The topological polar surface area (TPSA) is 67.4 Å². The second-order valence-corrected chi connectivity index (χ2v) is 6.14. The molecule has 0 spiro atoms. The molecule has 0 bridgehead atoms. The Labute approximate surface area is 158 Å². The molecule has 0 atom stereocenters. The van der Waals surface area contributed by atoms with Gasteiger partial charge in [0.2, 0.25) is 0 Å². The minimum atomic E-state index is -0.606. The van der Waals surface area contributed by atoms with Crippen molar-refractivity contribution < 1.29 is 18.7 Å². The molecule has 2 amide bonds. The second kappa shape index (κ2) is 7.63. The van der Waals surface area contributed by atoms with Gasteiger partial charge in [-0.3, -0.25) is 20.2 Å². The molecule has 0 aromatic heterocycles. The standard InChI is InChI=1S/C18H12ClFN2O3S/c19-13-5-3-6-14(20)12(13)9-25-15-7-2-1-4-10(15)8-11-16(23)21-18(26)22-17(11)24/h1-8H,9H2,(H2,21,22,23,24,26). The van der Waals surface area contributed by atoms with Gasteiger partial charge in [0.25, 0.3) is 11.8 Å². The fourth-order valence-electron chi connectivity index (χ4n) is 2.31. The third kappa shape index (κ3) is 3.89. The third-order valence-electron chi connectivity index (χ3n) is 3.60. The van der Waals surface area contributed by atoms with Crippen molar-refractivity contribution in [3.8, 4) is 5.75 Å². The lowest BCUT2D eigenvalue weighted by molar-refractivity contribution is -0.123. The van der Waals surface area contributed by atoms with E-state index in [4.69, 9.17) is 28.6 Å². The molecule has 132 valence electrons. The largest absolute Gasteiger partial charge is 0.488 e. The quantitative estimate of drug-likeness (QED) is 0.478. The van der Waals surface area contributed by atoms with Gasteiger partial charge < -0.3 is 4.74 Å². The number of hydrogen-bond acceptors (Lipinski definition) is 4. The van der Waals surface area contributed by atoms with Crippen molar-refractivity contribution in [3.05, 3.63) is 70.0 Å². The molecule has 2 N–H and O–H groups in total. The highest BCUT2D eigenvalue weighted by atomic mass is 35.5. The van der Waals surface area contributed by atoms with Crippen LogP contribution in [0.15, 0.2) is 48.0 Å². The summed E-state index contributed by atoms with van der Waals surface area (Å²) in [4.78, 5) is 23.9. The zero-order chi connectivity index (χ0) is 18.7. The van der Waals surface area contributed by atoms with Crippen LogP contribution in [-0.2, 0) is 16.2 Å². The van der Waals surface area contributed by atoms with Crippen molar-refractivity contribution in [1.29, 1.82) is 0 Å². The smallest absolute Gasteiger partial charge is 0.263 e. The molecular weight excluding hydrogens is 379 g/mol. The molecule has 1 aliphatic rings. The van der Waals surface area contributed by atoms with Gasteiger partial charge in [0.1, 0.15) is 23.7 Å². The van der Waals surface area contributed by atoms with E-state index in [9.17, 15) is 14.0 Å². The van der Waals surface area contributed by atoms with Gasteiger partial charge in [-0.05, 0) is 36.5 Å². The number of ether oxygens (including phenoxy) is 1. The summed E-state index contributed by atoms with van der Waals surface area (Å²) in [5.41, 5.74) is 0.585. The Morgan fingerprint density at radius 2 is 1.77 bits per heavy atom. The highest BCUT2D eigenvalue weighted by Crippen LogP contribution is 2.25. The lowest BCUT2D eigenvalue weighted by Crippen LogP contribution is -2.51. The van der Waals surface area contributed by atoms with Crippen LogP contribution in [0.25, 0.3) is 6.08 Å². The number of para-hydroxylation sites is 1. The molecular formula is C18H12ClFN2O3S. The SMILES string of the molecule is O=C1NC(=S)NC(=O)C1=Cc1ccccc1OCc1c(F)cccc1Cl. The molecule has 2 aromatic carbocycles. The average Bonchev–Trinajstić information content (AvgIpc) is 2.58. The molecule has 26 heavy (non-hydrogen) atoms. The van der Waals surface area contributed by atoms with E-state index in [2.05, 4.69) is 10.6 Å². The van der Waals surface area contributed by atoms with Crippen LogP contribution in [0.3, 0.4) is 0 Å². The van der Waals surface area contributed by atoms with Crippen LogP contribution in [0.4, 0.5) is 4.39 Å². The van der Waals surface area contributed by atoms with E-state index in [1.807, 2.05) is 0 Å². The molecule has 1 fully saturated rings. The molecule has 0 aliphatic carbocycles. The van der Waals surface area contributed by atoms with Crippen molar-refractivity contribution in [2.45, 2.75) is 6.61 Å². The molecule has 5 nitrogen and oxygen atoms in total. The second-order valence-electron chi connectivity index (χ2n) is 5.32. The zero-order valence-corrected chi connectivity index (χ0v) is 14.8. The van der Waals surface area contributed by atoms with E-state index in [0.717, 1.165) is 0 Å². The highest BCUT2D eigenvalue weighted by Gasteiger charge is 2.26. The first-order valence-corrected chi connectivity index (χ1v) is 8.27. The van der Waals surface area contributed by atoms with Gasteiger partial charge >= 0.3 is 0 Å². The number of carbonyl (C=O) groups is 2. The van der Waals surface area contributed by atoms with E-state index >= 15 is 0 Å². The maximum Gasteiger partial charge on any atom is 0.263 e. The molecule has 8 heteroatoms. The number of halogens is 2. The lowest BCUT2D eigenvalue weighted by Gasteiger charge is -2.17. The summed E-state index contributed by atoms with van der Waals surface area (Å²) in [7, 11) is 0. The molecule has 0 unspecified atom stereocenters. The highest BCUT2D eigenvalue weighted by molar-refractivity contribution is 7.80. The number of amides is 2. The van der Waals surface area contributed by atoms with Gasteiger partial charge in [0.05, 0.1) is 5.02 Å². The minimum absolute atomic E-state index is 0.0455. The van der Waals surface area contributed by atoms with Crippen LogP contribution in [0.5, 0.6) is 5.75 Å². The molecule has 1 saturated heterocycles. The Balaban J connectivity index is 1.87. The fraction of sp³-hybridized carbons (Fsp3) is 0.0556. The van der Waals surface area contributed by atoms with E-state index in [0.29, 0.717) is 11.3 Å². The van der Waals surface area contributed by atoms with Gasteiger partial charge in [-0.25, -0.2) is 4.39 Å². The first-order chi connectivity index (χ1) is 12.5. The van der Waals surface area contributed by atoms with Crippen LogP contribution in [0.1, 0.15) is 11.1 Å². The van der Waals surface area contributed by atoms with Crippen LogP contribution in [-0.4, -0.2) is 16.9 Å². The van der Waals surface area contributed by atoms with Gasteiger partial charge in [0, 0.05) is 11.1 Å². The average molecular weight is 391 g/mol. The van der Waals surface area contributed by atoms with Crippen molar-refractivity contribution in [3.63, 3.8) is 0 Å². The Morgan fingerprint density at radius 1 is 1.08 bits per heavy atom. The van der Waals surface area contributed by atoms with E-state index in [1.165, 1.54) is 18.2 Å². The summed E-state index contributed by atoms with van der Waals surface area (Å²) in [6, 6.07) is 11.1. The Morgan fingerprint density at radius 3 is 2.46 bits per heavy atom. The Kier molecular flexibility index (Phi) is 5.29. The van der Waals surface area contributed by atoms with Crippen molar-refractivity contribution in [2.24, 2.45) is 0 Å². The molecule has 3 rings (SSSR count). The van der Waals surface area contributed by atoms with Crippen LogP contribution < -0.4 is 15.4 Å². The summed E-state index contributed by atoms with van der Waals surface area (Å²) in [5.74, 6) is -1.32. The fourth-order valence-corrected chi connectivity index (χ4v) is 2.72. The van der Waals surface area contributed by atoms with Crippen molar-refractivity contribution in [2.75, 3.05) is 0 Å². The molecule has 2 aromatic rings. The lowest BCUT2D eigenvalue weighted by atomic mass is 10.1. The molecule has 0 saturated carbocycles. The normalized spacial score (nSPS) is 13.9. The predicted molar refractivity (Wildman–Crippen MR) is 99.0 cm³/mol. The first-order valence-electron chi connectivity index (χ1n) is 7.49. The molecule has 1 heterocycles. The van der Waals surface area contributed by atoms with Crippen LogP contribution >= 0.6 is 23.8 Å². The maximum atomic E-state index is 13.9. The monoisotopic (exact) mass is 390 g/mol. The summed E-state index contributed by atoms with van der Waals surface area (Å²) < 4.78 is 19.5. The number of benzene rings is 2. The number of thiocarbonyl (C=S) groups is 1. The number of carbonyl (C=O) groups excluding carboxylic acids is 2. The van der Waals surface area contributed by atoms with Gasteiger partial charge in [-0.15, -0.1) is 0 Å². The summed E-state index contributed by atoms with van der Waals surface area (Å²) in [6.45, 7) is -0.103. The first kappa shape index (κ1) is 18.0. The van der Waals surface area contributed by atoms with E-state index in [-0.39, 0.29) is 27.9 Å². The van der Waals surface area contributed by atoms with Gasteiger partial charge in [0.15, 0.2) is 5.11 Å². The van der Waals surface area contributed by atoms with Crippen LogP contribution in [0.2, 0.25) is 5.02 Å². The van der Waals surface area contributed by atoms with Crippen LogP contribution in [0, 0.1) is 5.82 Å². The van der Waals surface area contributed by atoms with Crippen molar-refractivity contribution in [1.82, 2.24) is 10.6 Å². The number of hydrogen-bond donors (Lipinski definition) is 2. The van der Waals surface area contributed by atoms with E-state index in [1.54, 1.807) is 30.3 Å². The summed E-state index contributed by atoms with van der Waals surface area (Å²) in [5, 5.41) is 4.92. The van der Waals surface area contributed by atoms with Gasteiger partial charge in [-0.2, -0.15) is 0 Å². The molecule has 0 radical (unpaired) electrons. The summed E-state index contributed by atoms with van der Waals surface area (Å²) in [6.07, 6.45) is 1.38. The predicted octanol–water partition coefficient (Wildman–Crippen LogP) is 2.97. The minimum Gasteiger partial charge on any atom is -0.488 e. The zero-order valence-electron chi connectivity index (χ0n) is 13.2. The Bertz CT molecular complexity index is 904. The summed E-state index contributed by atoms with van der Waals surface area (Å²) >= 11 is 10.8. The Hall–Kier alpha value is -2.77. The number of rotatable bonds is 4. The van der Waals surface area contributed by atoms with E-state index < -0.39 is 17.6 Å². The maximum absolute atomic E-state index is 13.9. The third-order valence-corrected chi connectivity index (χ3v) is 4.15. The van der Waals surface area contributed by atoms with Gasteiger partial charge in [-0.1, -0.05) is 35.9 Å².